The topological polar surface area (TPSA) is 37.8 Å². The molecule has 2 aromatic carbocycles. The molecule has 0 aliphatic carbocycles. The van der Waals surface area contributed by atoms with Crippen molar-refractivity contribution in [2.45, 2.75) is 0 Å². The number of benzene rings is 2. The molecule has 0 unspecified atom stereocenters. The maximum absolute atomic E-state index is 4.30. The number of rotatable bonds is 3. The molecule has 3 nitrogen and oxygen atoms in total. The maximum atomic E-state index is 4.30. The summed E-state index contributed by atoms with van der Waals surface area (Å²) in [6, 6.07) is 20.1. The fourth-order valence-corrected chi connectivity index (χ4v) is 1.94. The number of anilines is 2. The van der Waals surface area contributed by atoms with E-state index >= 15 is 0 Å². The lowest BCUT2D eigenvalue weighted by Gasteiger charge is -2.11. The Hall–Kier alpha value is -2.68. The van der Waals surface area contributed by atoms with Gasteiger partial charge in [0.1, 0.15) is 6.33 Å². The summed E-state index contributed by atoms with van der Waals surface area (Å²) in [5.41, 5.74) is 4.07. The number of aromatic nitrogens is 2. The SMILES string of the molecule is c1ccc(Nc2ccccc2-c2ccncn2)cc1. The van der Waals surface area contributed by atoms with E-state index in [1.807, 2.05) is 60.7 Å². The Labute approximate surface area is 112 Å². The van der Waals surface area contributed by atoms with Gasteiger partial charge in [0, 0.05) is 23.1 Å². The zero-order valence-electron chi connectivity index (χ0n) is 10.3. The number of nitrogens with zero attached hydrogens (tertiary/aromatic N) is 2. The lowest BCUT2D eigenvalue weighted by Crippen LogP contribution is -1.94. The molecule has 1 aromatic heterocycles. The molecule has 0 aliphatic heterocycles. The van der Waals surface area contributed by atoms with Crippen LogP contribution in [0.15, 0.2) is 73.2 Å². The third kappa shape index (κ3) is 2.60. The molecule has 0 amide bonds. The minimum absolute atomic E-state index is 0.911. The van der Waals surface area contributed by atoms with Crippen molar-refractivity contribution >= 4 is 11.4 Å². The first-order valence-corrected chi connectivity index (χ1v) is 6.11. The van der Waals surface area contributed by atoms with Crippen LogP contribution >= 0.6 is 0 Å². The number of para-hydroxylation sites is 2. The summed E-state index contributed by atoms with van der Waals surface area (Å²) in [6.07, 6.45) is 3.32. The number of nitrogens with one attached hydrogen (secondary N) is 1. The Morgan fingerprint density at radius 3 is 2.37 bits per heavy atom. The Balaban J connectivity index is 1.99. The van der Waals surface area contributed by atoms with E-state index in [9.17, 15) is 0 Å². The first kappa shape index (κ1) is 11.4. The number of hydrogen-bond donors (Lipinski definition) is 1. The quantitative estimate of drug-likeness (QED) is 0.763. The smallest absolute Gasteiger partial charge is 0.116 e. The summed E-state index contributed by atoms with van der Waals surface area (Å²) < 4.78 is 0. The van der Waals surface area contributed by atoms with E-state index < -0.39 is 0 Å². The molecule has 0 fully saturated rings. The van der Waals surface area contributed by atoms with Gasteiger partial charge in [-0.25, -0.2) is 9.97 Å². The molecule has 0 radical (unpaired) electrons. The monoisotopic (exact) mass is 247 g/mol. The fraction of sp³-hybridized carbons (Fsp3) is 0. The van der Waals surface area contributed by atoms with Crippen LogP contribution in [0.2, 0.25) is 0 Å². The summed E-state index contributed by atoms with van der Waals surface area (Å²) >= 11 is 0. The number of hydrogen-bond acceptors (Lipinski definition) is 3. The van der Waals surface area contributed by atoms with Gasteiger partial charge in [-0.15, -0.1) is 0 Å². The molecule has 0 saturated heterocycles. The third-order valence-corrected chi connectivity index (χ3v) is 2.84. The van der Waals surface area contributed by atoms with Crippen LogP contribution in [0, 0.1) is 0 Å². The molecule has 0 atom stereocenters. The first-order valence-electron chi connectivity index (χ1n) is 6.11. The summed E-state index contributed by atoms with van der Waals surface area (Å²) in [6.45, 7) is 0. The standard InChI is InChI=1S/C16H13N3/c1-2-6-13(7-3-1)19-16-9-5-4-8-14(16)15-10-11-17-12-18-15/h1-12,19H. The van der Waals surface area contributed by atoms with Crippen LogP contribution in [0.25, 0.3) is 11.3 Å². The second-order valence-corrected chi connectivity index (χ2v) is 4.13. The summed E-state index contributed by atoms with van der Waals surface area (Å²) in [5, 5.41) is 3.41. The van der Waals surface area contributed by atoms with E-state index in [1.54, 1.807) is 12.5 Å². The second kappa shape index (κ2) is 5.31. The summed E-state index contributed by atoms with van der Waals surface area (Å²) in [7, 11) is 0. The lowest BCUT2D eigenvalue weighted by atomic mass is 10.1. The van der Waals surface area contributed by atoms with Gasteiger partial charge in [0.25, 0.3) is 0 Å². The van der Waals surface area contributed by atoms with Gasteiger partial charge in [0.2, 0.25) is 0 Å². The normalized spacial score (nSPS) is 10.1. The fourth-order valence-electron chi connectivity index (χ4n) is 1.94. The van der Waals surface area contributed by atoms with Gasteiger partial charge in [-0.2, -0.15) is 0 Å². The molecule has 1 N–H and O–H groups in total. The van der Waals surface area contributed by atoms with Crippen molar-refractivity contribution < 1.29 is 0 Å². The summed E-state index contributed by atoms with van der Waals surface area (Å²) in [4.78, 5) is 8.25. The Kier molecular flexibility index (Phi) is 3.19. The third-order valence-electron chi connectivity index (χ3n) is 2.84. The van der Waals surface area contributed by atoms with Crippen molar-refractivity contribution in [2.24, 2.45) is 0 Å². The van der Waals surface area contributed by atoms with Crippen LogP contribution in [-0.4, -0.2) is 9.97 Å². The molecule has 3 heteroatoms. The molecule has 1 heterocycles. The highest BCUT2D eigenvalue weighted by atomic mass is 14.9. The molecule has 19 heavy (non-hydrogen) atoms. The minimum atomic E-state index is 0.911. The maximum Gasteiger partial charge on any atom is 0.116 e. The van der Waals surface area contributed by atoms with Gasteiger partial charge in [-0.1, -0.05) is 36.4 Å². The molecule has 3 aromatic rings. The average Bonchev–Trinajstić information content (AvgIpc) is 2.50. The van der Waals surface area contributed by atoms with Crippen LogP contribution in [0.1, 0.15) is 0 Å². The minimum Gasteiger partial charge on any atom is -0.355 e. The zero-order valence-corrected chi connectivity index (χ0v) is 10.3. The van der Waals surface area contributed by atoms with Crippen molar-refractivity contribution in [1.82, 2.24) is 9.97 Å². The zero-order chi connectivity index (χ0) is 12.9. The Morgan fingerprint density at radius 2 is 1.58 bits per heavy atom. The van der Waals surface area contributed by atoms with E-state index in [4.69, 9.17) is 0 Å². The highest BCUT2D eigenvalue weighted by Crippen LogP contribution is 2.28. The van der Waals surface area contributed by atoms with Gasteiger partial charge in [0.15, 0.2) is 0 Å². The first-order chi connectivity index (χ1) is 9.43. The molecule has 0 saturated carbocycles. The van der Waals surface area contributed by atoms with E-state index in [1.165, 1.54) is 0 Å². The van der Waals surface area contributed by atoms with Crippen molar-refractivity contribution in [2.75, 3.05) is 5.32 Å². The van der Waals surface area contributed by atoms with Crippen molar-refractivity contribution in [3.63, 3.8) is 0 Å². The molecule has 92 valence electrons. The average molecular weight is 247 g/mol. The Morgan fingerprint density at radius 1 is 0.789 bits per heavy atom. The van der Waals surface area contributed by atoms with Crippen molar-refractivity contribution in [1.29, 1.82) is 0 Å². The molecule has 0 aliphatic rings. The second-order valence-electron chi connectivity index (χ2n) is 4.13. The highest BCUT2D eigenvalue weighted by Gasteiger charge is 2.05. The van der Waals surface area contributed by atoms with Crippen LogP contribution in [0.4, 0.5) is 11.4 Å². The molecular weight excluding hydrogens is 234 g/mol. The predicted octanol–water partition coefficient (Wildman–Crippen LogP) is 3.89. The van der Waals surface area contributed by atoms with Crippen molar-refractivity contribution in [3.05, 3.63) is 73.2 Å². The van der Waals surface area contributed by atoms with Gasteiger partial charge in [0.05, 0.1) is 5.69 Å². The molecular formula is C16H13N3. The Bertz CT molecular complexity index is 651. The lowest BCUT2D eigenvalue weighted by molar-refractivity contribution is 1.17. The van der Waals surface area contributed by atoms with E-state index in [2.05, 4.69) is 15.3 Å². The summed E-state index contributed by atoms with van der Waals surface area (Å²) in [5.74, 6) is 0. The van der Waals surface area contributed by atoms with E-state index in [-0.39, 0.29) is 0 Å². The van der Waals surface area contributed by atoms with Gasteiger partial charge < -0.3 is 5.32 Å². The molecule has 3 rings (SSSR count). The highest BCUT2D eigenvalue weighted by molar-refractivity contribution is 5.78. The van der Waals surface area contributed by atoms with Crippen LogP contribution in [0.3, 0.4) is 0 Å². The van der Waals surface area contributed by atoms with Crippen LogP contribution in [0.5, 0.6) is 0 Å². The van der Waals surface area contributed by atoms with Gasteiger partial charge >= 0.3 is 0 Å². The van der Waals surface area contributed by atoms with E-state index in [0.29, 0.717) is 0 Å². The van der Waals surface area contributed by atoms with Crippen LogP contribution in [-0.2, 0) is 0 Å². The van der Waals surface area contributed by atoms with Crippen molar-refractivity contribution in [3.8, 4) is 11.3 Å². The van der Waals surface area contributed by atoms with Gasteiger partial charge in [-0.05, 0) is 24.3 Å². The van der Waals surface area contributed by atoms with Gasteiger partial charge in [-0.3, -0.25) is 0 Å². The molecule has 0 bridgehead atoms. The van der Waals surface area contributed by atoms with Crippen LogP contribution < -0.4 is 5.32 Å². The van der Waals surface area contributed by atoms with E-state index in [0.717, 1.165) is 22.6 Å². The predicted molar refractivity (Wildman–Crippen MR) is 77.2 cm³/mol. The molecule has 0 spiro atoms. The largest absolute Gasteiger partial charge is 0.355 e.